The van der Waals surface area contributed by atoms with Crippen LogP contribution in [-0.4, -0.2) is 74.5 Å². The molecule has 0 rings (SSSR count). The van der Waals surface area contributed by atoms with Gasteiger partial charge in [-0.3, -0.25) is 9.89 Å². The van der Waals surface area contributed by atoms with Crippen LogP contribution in [0, 0.1) is 0 Å². The van der Waals surface area contributed by atoms with Crippen molar-refractivity contribution in [3.05, 3.63) is 0 Å². The van der Waals surface area contributed by atoms with Gasteiger partial charge in [0.1, 0.15) is 0 Å². The summed E-state index contributed by atoms with van der Waals surface area (Å²) >= 11 is 0. The Balaban J connectivity index is 4.42. The monoisotopic (exact) mass is 228 g/mol. The fourth-order valence-electron chi connectivity index (χ4n) is 1.86. The molecule has 0 spiro atoms. The molecule has 0 aromatic carbocycles. The Morgan fingerprint density at radius 2 is 1.44 bits per heavy atom. The lowest BCUT2D eigenvalue weighted by atomic mass is 10.3. The average Bonchev–Trinajstić information content (AvgIpc) is 2.18. The highest BCUT2D eigenvalue weighted by molar-refractivity contribution is 5.79. The van der Waals surface area contributed by atoms with Crippen molar-refractivity contribution in [3.63, 3.8) is 0 Å². The molecule has 0 aromatic rings. The Labute approximate surface area is 101 Å². The van der Waals surface area contributed by atoms with E-state index in [1.807, 2.05) is 28.2 Å². The van der Waals surface area contributed by atoms with Crippen molar-refractivity contribution in [1.82, 2.24) is 14.7 Å². The van der Waals surface area contributed by atoms with Crippen molar-refractivity contribution in [1.29, 1.82) is 0 Å². The summed E-state index contributed by atoms with van der Waals surface area (Å²) in [6.07, 6.45) is 0. The number of hydrogen-bond acceptors (Lipinski definition) is 2. The van der Waals surface area contributed by atoms with Gasteiger partial charge < -0.3 is 9.80 Å². The highest BCUT2D eigenvalue weighted by Crippen LogP contribution is 2.00. The van der Waals surface area contributed by atoms with Gasteiger partial charge >= 0.3 is 0 Å². The SMILES string of the molecule is CCN(CC)C(C)CN=C(N(C)C)N(C)C. The van der Waals surface area contributed by atoms with Crippen LogP contribution in [0.2, 0.25) is 0 Å². The quantitative estimate of drug-likeness (QED) is 0.521. The van der Waals surface area contributed by atoms with Gasteiger partial charge in [0.15, 0.2) is 5.96 Å². The number of guanidine groups is 1. The van der Waals surface area contributed by atoms with Crippen LogP contribution in [0.15, 0.2) is 4.99 Å². The standard InChI is InChI=1S/C12H28N4/c1-8-16(9-2)11(3)10-13-12(14(4)5)15(6)7/h11H,8-10H2,1-7H3. The fourth-order valence-corrected chi connectivity index (χ4v) is 1.86. The normalized spacial score (nSPS) is 12.5. The third-order valence-electron chi connectivity index (χ3n) is 2.73. The van der Waals surface area contributed by atoms with E-state index < -0.39 is 0 Å². The first kappa shape index (κ1) is 15.2. The van der Waals surface area contributed by atoms with E-state index in [0.29, 0.717) is 6.04 Å². The van der Waals surface area contributed by atoms with Gasteiger partial charge in [-0.2, -0.15) is 0 Å². The molecule has 0 aliphatic rings. The fraction of sp³-hybridized carbons (Fsp3) is 0.917. The Kier molecular flexibility index (Phi) is 7.13. The van der Waals surface area contributed by atoms with Gasteiger partial charge in [-0.1, -0.05) is 13.8 Å². The van der Waals surface area contributed by atoms with Gasteiger partial charge in [-0.25, -0.2) is 0 Å². The van der Waals surface area contributed by atoms with E-state index in [1.165, 1.54) is 0 Å². The van der Waals surface area contributed by atoms with E-state index in [9.17, 15) is 0 Å². The van der Waals surface area contributed by atoms with Crippen LogP contribution in [0.5, 0.6) is 0 Å². The maximum absolute atomic E-state index is 4.67. The molecule has 0 aliphatic carbocycles. The molecule has 0 saturated carbocycles. The molecule has 0 aliphatic heterocycles. The van der Waals surface area contributed by atoms with E-state index in [-0.39, 0.29) is 0 Å². The van der Waals surface area contributed by atoms with E-state index in [4.69, 9.17) is 0 Å². The van der Waals surface area contributed by atoms with Crippen LogP contribution >= 0.6 is 0 Å². The molecule has 0 saturated heterocycles. The van der Waals surface area contributed by atoms with Gasteiger partial charge in [-0.05, 0) is 20.0 Å². The van der Waals surface area contributed by atoms with E-state index in [1.54, 1.807) is 0 Å². The molecule has 0 bridgehead atoms. The molecule has 0 amide bonds. The van der Waals surface area contributed by atoms with Crippen LogP contribution in [-0.2, 0) is 0 Å². The third-order valence-corrected chi connectivity index (χ3v) is 2.73. The second kappa shape index (κ2) is 7.49. The van der Waals surface area contributed by atoms with E-state index in [2.05, 4.69) is 40.5 Å². The summed E-state index contributed by atoms with van der Waals surface area (Å²) in [5, 5.41) is 0. The summed E-state index contributed by atoms with van der Waals surface area (Å²) in [7, 11) is 8.11. The van der Waals surface area contributed by atoms with Gasteiger partial charge in [0.05, 0.1) is 6.54 Å². The predicted molar refractivity (Wildman–Crippen MR) is 72.1 cm³/mol. The van der Waals surface area contributed by atoms with Gasteiger partial charge in [0.25, 0.3) is 0 Å². The largest absolute Gasteiger partial charge is 0.349 e. The predicted octanol–water partition coefficient (Wildman–Crippen LogP) is 1.20. The van der Waals surface area contributed by atoms with Crippen molar-refractivity contribution < 1.29 is 0 Å². The van der Waals surface area contributed by atoms with Crippen molar-refractivity contribution in [2.45, 2.75) is 26.8 Å². The second-order valence-electron chi connectivity index (χ2n) is 4.50. The van der Waals surface area contributed by atoms with Crippen LogP contribution in [0.25, 0.3) is 0 Å². The number of aliphatic imine (C=N–C) groups is 1. The third kappa shape index (κ3) is 4.84. The lowest BCUT2D eigenvalue weighted by Gasteiger charge is -2.27. The maximum Gasteiger partial charge on any atom is 0.195 e. The minimum Gasteiger partial charge on any atom is -0.349 e. The molecule has 16 heavy (non-hydrogen) atoms. The lowest BCUT2D eigenvalue weighted by Crippen LogP contribution is -2.39. The minimum absolute atomic E-state index is 0.505. The summed E-state index contributed by atoms with van der Waals surface area (Å²) in [6, 6.07) is 0.505. The average molecular weight is 228 g/mol. The molecule has 4 nitrogen and oxygen atoms in total. The summed E-state index contributed by atoms with van der Waals surface area (Å²) in [6.45, 7) is 9.66. The molecule has 0 heterocycles. The van der Waals surface area contributed by atoms with Crippen LogP contribution in [0.1, 0.15) is 20.8 Å². The highest BCUT2D eigenvalue weighted by Gasteiger charge is 2.10. The number of nitrogens with zero attached hydrogens (tertiary/aromatic N) is 4. The van der Waals surface area contributed by atoms with Crippen molar-refractivity contribution in [2.75, 3.05) is 47.8 Å². The maximum atomic E-state index is 4.67. The Bertz CT molecular complexity index is 197. The molecule has 1 unspecified atom stereocenters. The Morgan fingerprint density at radius 1 is 1.00 bits per heavy atom. The molecule has 96 valence electrons. The van der Waals surface area contributed by atoms with Crippen molar-refractivity contribution in [2.24, 2.45) is 4.99 Å². The summed E-state index contributed by atoms with van der Waals surface area (Å²) in [5.74, 6) is 1.03. The van der Waals surface area contributed by atoms with Crippen molar-refractivity contribution in [3.8, 4) is 0 Å². The van der Waals surface area contributed by atoms with Crippen LogP contribution in [0.3, 0.4) is 0 Å². The van der Waals surface area contributed by atoms with Crippen molar-refractivity contribution >= 4 is 5.96 Å². The first-order valence-corrected chi connectivity index (χ1v) is 6.07. The molecule has 0 fully saturated rings. The summed E-state index contributed by atoms with van der Waals surface area (Å²) in [5.41, 5.74) is 0. The smallest absolute Gasteiger partial charge is 0.195 e. The molecular weight excluding hydrogens is 200 g/mol. The zero-order valence-corrected chi connectivity index (χ0v) is 12.0. The van der Waals surface area contributed by atoms with E-state index >= 15 is 0 Å². The first-order valence-electron chi connectivity index (χ1n) is 6.07. The van der Waals surface area contributed by atoms with E-state index in [0.717, 1.165) is 25.6 Å². The first-order chi connectivity index (χ1) is 7.43. The number of hydrogen-bond donors (Lipinski definition) is 0. The zero-order chi connectivity index (χ0) is 12.7. The Hall–Kier alpha value is -0.770. The van der Waals surface area contributed by atoms with Gasteiger partial charge in [0.2, 0.25) is 0 Å². The minimum atomic E-state index is 0.505. The van der Waals surface area contributed by atoms with Crippen LogP contribution < -0.4 is 0 Å². The Morgan fingerprint density at radius 3 is 1.75 bits per heavy atom. The van der Waals surface area contributed by atoms with Gasteiger partial charge in [0, 0.05) is 34.2 Å². The zero-order valence-electron chi connectivity index (χ0n) is 12.0. The number of likely N-dealkylation sites (N-methyl/N-ethyl adjacent to an activating group) is 1. The molecule has 0 N–H and O–H groups in total. The second-order valence-corrected chi connectivity index (χ2v) is 4.50. The highest BCUT2D eigenvalue weighted by atomic mass is 15.3. The summed E-state index contributed by atoms with van der Waals surface area (Å²) in [4.78, 5) is 11.2. The molecule has 0 radical (unpaired) electrons. The van der Waals surface area contributed by atoms with Gasteiger partial charge in [-0.15, -0.1) is 0 Å². The molecule has 4 heteroatoms. The summed E-state index contributed by atoms with van der Waals surface area (Å²) < 4.78 is 0. The number of rotatable bonds is 5. The molecule has 0 aromatic heterocycles. The molecule has 1 atom stereocenters. The van der Waals surface area contributed by atoms with Crippen LogP contribution in [0.4, 0.5) is 0 Å². The lowest BCUT2D eigenvalue weighted by molar-refractivity contribution is 0.236. The molecular formula is C12H28N4. The topological polar surface area (TPSA) is 22.1 Å².